The maximum atomic E-state index is 13.8. The SMILES string of the molecule is CC(C)c1ccc(N2C(=O)CC(N(Cc3ccc4c(c3)OCO4)C(=O)c3ccc(Cl)c([N+](=O)[O-])c3)C2=O)cc1. The topological polar surface area (TPSA) is 119 Å². The van der Waals surface area contributed by atoms with Crippen molar-refractivity contribution in [2.45, 2.75) is 38.8 Å². The van der Waals surface area contributed by atoms with Gasteiger partial charge in [-0.15, -0.1) is 0 Å². The molecule has 39 heavy (non-hydrogen) atoms. The average Bonchev–Trinajstić information content (AvgIpc) is 3.50. The second-order valence-corrected chi connectivity index (χ2v) is 9.98. The Balaban J connectivity index is 1.50. The number of halogens is 1. The highest BCUT2D eigenvalue weighted by Gasteiger charge is 2.45. The molecule has 1 atom stereocenters. The Labute approximate surface area is 228 Å². The molecule has 2 heterocycles. The summed E-state index contributed by atoms with van der Waals surface area (Å²) in [5.74, 6) is -0.357. The van der Waals surface area contributed by atoms with Crippen LogP contribution in [0.3, 0.4) is 0 Å². The summed E-state index contributed by atoms with van der Waals surface area (Å²) in [5, 5.41) is 11.3. The molecule has 2 aliphatic rings. The average molecular weight is 550 g/mol. The Kier molecular flexibility index (Phi) is 6.96. The van der Waals surface area contributed by atoms with Gasteiger partial charge in [-0.05, 0) is 53.4 Å². The van der Waals surface area contributed by atoms with E-state index in [0.29, 0.717) is 22.7 Å². The van der Waals surface area contributed by atoms with Crippen molar-refractivity contribution in [3.8, 4) is 11.5 Å². The van der Waals surface area contributed by atoms with E-state index in [4.69, 9.17) is 21.1 Å². The van der Waals surface area contributed by atoms with Crippen LogP contribution >= 0.6 is 11.6 Å². The fourth-order valence-electron chi connectivity index (χ4n) is 4.65. The lowest BCUT2D eigenvalue weighted by atomic mass is 10.0. The smallest absolute Gasteiger partial charge is 0.288 e. The van der Waals surface area contributed by atoms with Crippen LogP contribution in [0.5, 0.6) is 11.5 Å². The van der Waals surface area contributed by atoms with Gasteiger partial charge >= 0.3 is 0 Å². The van der Waals surface area contributed by atoms with E-state index in [0.717, 1.165) is 16.5 Å². The number of anilines is 1. The number of nitro benzene ring substituents is 1. The molecule has 3 aromatic rings. The summed E-state index contributed by atoms with van der Waals surface area (Å²) in [6.07, 6.45) is -0.239. The maximum absolute atomic E-state index is 13.8. The number of rotatable bonds is 7. The molecule has 11 heteroatoms. The number of hydrogen-bond acceptors (Lipinski definition) is 7. The molecule has 0 aliphatic carbocycles. The lowest BCUT2D eigenvalue weighted by molar-refractivity contribution is -0.384. The van der Waals surface area contributed by atoms with Gasteiger partial charge in [0, 0.05) is 18.2 Å². The first kappa shape index (κ1) is 26.2. The highest BCUT2D eigenvalue weighted by molar-refractivity contribution is 6.32. The molecule has 3 aromatic carbocycles. The van der Waals surface area contributed by atoms with Crippen LogP contribution in [0.2, 0.25) is 5.02 Å². The molecule has 1 unspecified atom stereocenters. The summed E-state index contributed by atoms with van der Waals surface area (Å²) in [6, 6.07) is 14.8. The molecule has 1 fully saturated rings. The Morgan fingerprint density at radius 2 is 1.79 bits per heavy atom. The van der Waals surface area contributed by atoms with Crippen molar-refractivity contribution >= 4 is 40.7 Å². The monoisotopic (exact) mass is 549 g/mol. The lowest BCUT2D eigenvalue weighted by Gasteiger charge is -2.28. The first-order valence-electron chi connectivity index (χ1n) is 12.2. The largest absolute Gasteiger partial charge is 0.454 e. The molecule has 0 spiro atoms. The van der Waals surface area contributed by atoms with E-state index in [2.05, 4.69) is 0 Å². The van der Waals surface area contributed by atoms with Crippen molar-refractivity contribution < 1.29 is 28.8 Å². The third kappa shape index (κ3) is 5.03. The molecule has 0 aromatic heterocycles. The zero-order valence-electron chi connectivity index (χ0n) is 21.1. The van der Waals surface area contributed by atoms with Gasteiger partial charge in [-0.25, -0.2) is 4.90 Å². The van der Waals surface area contributed by atoms with Crippen LogP contribution in [0.25, 0.3) is 0 Å². The van der Waals surface area contributed by atoms with Crippen molar-refractivity contribution in [2.24, 2.45) is 0 Å². The van der Waals surface area contributed by atoms with Crippen LogP contribution in [0, 0.1) is 10.1 Å². The number of carbonyl (C=O) groups is 3. The molecule has 10 nitrogen and oxygen atoms in total. The Bertz CT molecular complexity index is 1490. The molecule has 0 bridgehead atoms. The number of hydrogen-bond donors (Lipinski definition) is 0. The number of nitrogens with zero attached hydrogens (tertiary/aromatic N) is 3. The Morgan fingerprint density at radius 3 is 2.49 bits per heavy atom. The summed E-state index contributed by atoms with van der Waals surface area (Å²) >= 11 is 5.95. The van der Waals surface area contributed by atoms with E-state index in [1.165, 1.54) is 17.0 Å². The molecule has 0 N–H and O–H groups in total. The van der Waals surface area contributed by atoms with Crippen LogP contribution < -0.4 is 14.4 Å². The first-order chi connectivity index (χ1) is 18.6. The van der Waals surface area contributed by atoms with Crippen molar-refractivity contribution in [1.82, 2.24) is 4.90 Å². The van der Waals surface area contributed by atoms with Crippen molar-refractivity contribution in [1.29, 1.82) is 0 Å². The predicted molar refractivity (Wildman–Crippen MR) is 142 cm³/mol. The lowest BCUT2D eigenvalue weighted by Crippen LogP contribution is -2.45. The molecule has 0 saturated carbocycles. The molecular weight excluding hydrogens is 526 g/mol. The highest BCUT2D eigenvalue weighted by atomic mass is 35.5. The maximum Gasteiger partial charge on any atom is 0.288 e. The van der Waals surface area contributed by atoms with Crippen molar-refractivity contribution in [2.75, 3.05) is 11.7 Å². The van der Waals surface area contributed by atoms with Gasteiger partial charge in [0.1, 0.15) is 11.1 Å². The number of carbonyl (C=O) groups excluding carboxylic acids is 3. The number of benzene rings is 3. The zero-order valence-corrected chi connectivity index (χ0v) is 21.9. The molecule has 5 rings (SSSR count). The predicted octanol–water partition coefficient (Wildman–Crippen LogP) is 5.07. The van der Waals surface area contributed by atoms with Gasteiger partial charge in [-0.3, -0.25) is 24.5 Å². The number of imide groups is 1. The molecule has 1 saturated heterocycles. The fraction of sp³-hybridized carbons (Fsp3) is 0.250. The molecule has 2 aliphatic heterocycles. The number of amides is 3. The Morgan fingerprint density at radius 1 is 1.08 bits per heavy atom. The molecule has 3 amide bonds. The van der Waals surface area contributed by atoms with Gasteiger partial charge in [-0.1, -0.05) is 43.6 Å². The van der Waals surface area contributed by atoms with Crippen LogP contribution in [0.1, 0.15) is 47.7 Å². The molecule has 0 radical (unpaired) electrons. The van der Waals surface area contributed by atoms with Gasteiger partial charge in [0.05, 0.1) is 17.0 Å². The minimum atomic E-state index is -1.13. The highest BCUT2D eigenvalue weighted by Crippen LogP contribution is 2.35. The van der Waals surface area contributed by atoms with Gasteiger partial charge in [0.2, 0.25) is 12.7 Å². The van der Waals surface area contributed by atoms with Gasteiger partial charge in [0.15, 0.2) is 11.5 Å². The third-order valence-electron chi connectivity index (χ3n) is 6.76. The van der Waals surface area contributed by atoms with E-state index in [1.54, 1.807) is 30.3 Å². The van der Waals surface area contributed by atoms with Crippen LogP contribution in [-0.4, -0.2) is 40.4 Å². The molecular formula is C28H24ClN3O7. The van der Waals surface area contributed by atoms with Crippen LogP contribution in [0.15, 0.2) is 60.7 Å². The number of ether oxygens (including phenoxy) is 2. The van der Waals surface area contributed by atoms with E-state index >= 15 is 0 Å². The van der Waals surface area contributed by atoms with Crippen LogP contribution in [0.4, 0.5) is 11.4 Å². The van der Waals surface area contributed by atoms with Gasteiger partial charge in [0.25, 0.3) is 17.5 Å². The van der Waals surface area contributed by atoms with Crippen molar-refractivity contribution in [3.05, 3.63) is 92.5 Å². The minimum Gasteiger partial charge on any atom is -0.454 e. The zero-order chi connectivity index (χ0) is 27.8. The summed E-state index contributed by atoms with van der Waals surface area (Å²) in [7, 11) is 0. The summed E-state index contributed by atoms with van der Waals surface area (Å²) in [6.45, 7) is 4.08. The summed E-state index contributed by atoms with van der Waals surface area (Å²) < 4.78 is 10.8. The van der Waals surface area contributed by atoms with E-state index in [9.17, 15) is 24.5 Å². The minimum absolute atomic E-state index is 0.0353. The quantitative estimate of drug-likeness (QED) is 0.229. The summed E-state index contributed by atoms with van der Waals surface area (Å²) in [4.78, 5) is 53.6. The van der Waals surface area contributed by atoms with Gasteiger partial charge < -0.3 is 14.4 Å². The second kappa shape index (κ2) is 10.4. The standard InChI is InChI=1S/C28H24ClN3O7/c1-16(2)18-4-7-20(8-5-18)31-26(33)13-23(28(31)35)30(14-17-3-10-24-25(11-17)39-15-38-24)27(34)19-6-9-21(29)22(12-19)32(36)37/h3-12,16,23H,13-15H2,1-2H3. The van der Waals surface area contributed by atoms with Crippen LogP contribution in [-0.2, 0) is 16.1 Å². The van der Waals surface area contributed by atoms with E-state index in [1.807, 2.05) is 26.0 Å². The van der Waals surface area contributed by atoms with E-state index < -0.39 is 34.4 Å². The summed E-state index contributed by atoms with van der Waals surface area (Å²) in [5.41, 5.74) is 1.61. The van der Waals surface area contributed by atoms with Gasteiger partial charge in [-0.2, -0.15) is 0 Å². The first-order valence-corrected chi connectivity index (χ1v) is 12.6. The number of nitro groups is 1. The van der Waals surface area contributed by atoms with E-state index in [-0.39, 0.29) is 36.3 Å². The second-order valence-electron chi connectivity index (χ2n) is 9.58. The van der Waals surface area contributed by atoms with Crippen molar-refractivity contribution in [3.63, 3.8) is 0 Å². The molecule has 200 valence electrons. The third-order valence-corrected chi connectivity index (χ3v) is 7.08. The Hall–Kier alpha value is -4.44. The number of fused-ring (bicyclic) bond motifs is 1. The fourth-order valence-corrected chi connectivity index (χ4v) is 4.84. The normalized spacial score (nSPS) is 16.2.